The third-order valence-corrected chi connectivity index (χ3v) is 5.38. The number of hydrogen-bond donors (Lipinski definition) is 1. The van der Waals surface area contributed by atoms with Crippen molar-refractivity contribution >= 4 is 22.8 Å². The smallest absolute Gasteiger partial charge is 0.341 e. The molecule has 0 aliphatic carbocycles. The largest absolute Gasteiger partial charge is 0.491 e. The highest BCUT2D eigenvalue weighted by Crippen LogP contribution is 2.19. The number of benzene rings is 2. The second kappa shape index (κ2) is 9.00. The molecule has 3 aromatic rings. The van der Waals surface area contributed by atoms with E-state index in [4.69, 9.17) is 9.47 Å². The number of fused-ring (bicyclic) bond motifs is 1. The maximum Gasteiger partial charge on any atom is 0.341 e. The number of ether oxygens (including phenoxy) is 2. The van der Waals surface area contributed by atoms with E-state index in [0.717, 1.165) is 30.5 Å². The number of aromatic amines is 1. The van der Waals surface area contributed by atoms with Crippen LogP contribution in [0.3, 0.4) is 0 Å². The summed E-state index contributed by atoms with van der Waals surface area (Å²) in [5, 5.41) is 1.05. The lowest BCUT2D eigenvalue weighted by Gasteiger charge is -2.34. The van der Waals surface area contributed by atoms with Gasteiger partial charge in [0.1, 0.15) is 23.6 Å². The molecule has 2 heterocycles. The molecule has 0 atom stereocenters. The van der Waals surface area contributed by atoms with E-state index in [2.05, 4.69) is 9.88 Å². The van der Waals surface area contributed by atoms with Crippen LogP contribution in [-0.2, 0) is 4.74 Å². The molecule has 1 aliphatic heterocycles. The van der Waals surface area contributed by atoms with Crippen molar-refractivity contribution in [1.29, 1.82) is 0 Å². The van der Waals surface area contributed by atoms with Crippen LogP contribution in [0, 0.1) is 0 Å². The second-order valence-corrected chi connectivity index (χ2v) is 7.24. The van der Waals surface area contributed by atoms with Crippen molar-refractivity contribution in [2.24, 2.45) is 0 Å². The van der Waals surface area contributed by atoms with Crippen molar-refractivity contribution in [3.8, 4) is 5.75 Å². The summed E-state index contributed by atoms with van der Waals surface area (Å²) in [5.41, 5.74) is 2.03. The molecule has 0 bridgehead atoms. The van der Waals surface area contributed by atoms with Gasteiger partial charge in [-0.1, -0.05) is 30.3 Å². The highest BCUT2D eigenvalue weighted by Gasteiger charge is 2.23. The van der Waals surface area contributed by atoms with E-state index in [1.807, 2.05) is 41.3 Å². The molecule has 1 aliphatic rings. The van der Waals surface area contributed by atoms with E-state index in [9.17, 15) is 9.59 Å². The Bertz CT molecular complexity index is 1000. The Balaban J connectivity index is 1.27. The minimum atomic E-state index is -0.408. The number of aromatic nitrogens is 1. The van der Waals surface area contributed by atoms with E-state index in [0.29, 0.717) is 36.7 Å². The zero-order chi connectivity index (χ0) is 20.9. The zero-order valence-electron chi connectivity index (χ0n) is 17.0. The van der Waals surface area contributed by atoms with Crippen LogP contribution >= 0.6 is 0 Å². The number of amides is 1. The molecule has 0 unspecified atom stereocenters. The van der Waals surface area contributed by atoms with Crippen molar-refractivity contribution in [3.63, 3.8) is 0 Å². The Morgan fingerprint density at radius 1 is 1.00 bits per heavy atom. The standard InChI is InChI=1S/C23H25N3O4/c1-29-23(28)18-7-3-5-9-21(18)30-15-14-25-10-12-26(13-11-25)22(27)20-16-17-6-2-4-8-19(17)24-20/h2-9,16,24H,10-15H2,1H3. The number of carbonyl (C=O) groups is 2. The topological polar surface area (TPSA) is 74.9 Å². The normalized spacial score (nSPS) is 14.6. The van der Waals surface area contributed by atoms with Crippen molar-refractivity contribution in [1.82, 2.24) is 14.8 Å². The molecule has 1 aromatic heterocycles. The lowest BCUT2D eigenvalue weighted by molar-refractivity contribution is 0.0593. The van der Waals surface area contributed by atoms with E-state index in [1.165, 1.54) is 7.11 Å². The Kier molecular flexibility index (Phi) is 5.99. The Morgan fingerprint density at radius 3 is 2.50 bits per heavy atom. The summed E-state index contributed by atoms with van der Waals surface area (Å²) in [6.45, 7) is 4.11. The minimum absolute atomic E-state index is 0.0362. The molecule has 0 spiro atoms. The highest BCUT2D eigenvalue weighted by molar-refractivity contribution is 5.98. The van der Waals surface area contributed by atoms with Crippen LogP contribution in [0.25, 0.3) is 10.9 Å². The fourth-order valence-corrected chi connectivity index (χ4v) is 3.69. The Morgan fingerprint density at radius 2 is 1.73 bits per heavy atom. The van der Waals surface area contributed by atoms with Gasteiger partial charge in [0.25, 0.3) is 5.91 Å². The van der Waals surface area contributed by atoms with Crippen LogP contribution < -0.4 is 4.74 Å². The Hall–Kier alpha value is -3.32. The van der Waals surface area contributed by atoms with Gasteiger partial charge in [-0.25, -0.2) is 4.79 Å². The first-order valence-corrected chi connectivity index (χ1v) is 10.1. The zero-order valence-corrected chi connectivity index (χ0v) is 17.0. The van der Waals surface area contributed by atoms with Gasteiger partial charge >= 0.3 is 5.97 Å². The Labute approximate surface area is 175 Å². The number of nitrogens with one attached hydrogen (secondary N) is 1. The highest BCUT2D eigenvalue weighted by atomic mass is 16.5. The van der Waals surface area contributed by atoms with E-state index >= 15 is 0 Å². The number of rotatable bonds is 6. The number of carbonyl (C=O) groups excluding carboxylic acids is 2. The average Bonchev–Trinajstić information content (AvgIpc) is 3.23. The molecule has 1 saturated heterocycles. The van der Waals surface area contributed by atoms with Gasteiger partial charge in [-0.2, -0.15) is 0 Å². The fourth-order valence-electron chi connectivity index (χ4n) is 3.69. The first-order chi connectivity index (χ1) is 14.7. The van der Waals surface area contributed by atoms with Crippen LogP contribution in [0.4, 0.5) is 0 Å². The molecule has 1 N–H and O–H groups in total. The van der Waals surface area contributed by atoms with Crippen LogP contribution in [0.15, 0.2) is 54.6 Å². The maximum atomic E-state index is 12.8. The lowest BCUT2D eigenvalue weighted by atomic mass is 10.2. The summed E-state index contributed by atoms with van der Waals surface area (Å²) in [6, 6.07) is 16.9. The summed E-state index contributed by atoms with van der Waals surface area (Å²) >= 11 is 0. The second-order valence-electron chi connectivity index (χ2n) is 7.24. The summed E-state index contributed by atoms with van der Waals surface area (Å²) < 4.78 is 10.6. The molecule has 7 nitrogen and oxygen atoms in total. The molecule has 2 aromatic carbocycles. The first kappa shape index (κ1) is 20.0. The monoisotopic (exact) mass is 407 g/mol. The fraction of sp³-hybridized carbons (Fsp3) is 0.304. The molecule has 1 amide bonds. The average molecular weight is 407 g/mol. The number of nitrogens with zero attached hydrogens (tertiary/aromatic N) is 2. The lowest BCUT2D eigenvalue weighted by Crippen LogP contribution is -2.49. The minimum Gasteiger partial charge on any atom is -0.491 e. The predicted octanol–water partition coefficient (Wildman–Crippen LogP) is 2.79. The van der Waals surface area contributed by atoms with Crippen molar-refractivity contribution < 1.29 is 19.1 Å². The van der Waals surface area contributed by atoms with E-state index in [-0.39, 0.29) is 5.91 Å². The van der Waals surface area contributed by atoms with Gasteiger partial charge in [-0.15, -0.1) is 0 Å². The number of esters is 1. The van der Waals surface area contributed by atoms with Crippen LogP contribution in [0.1, 0.15) is 20.8 Å². The van der Waals surface area contributed by atoms with Crippen LogP contribution in [0.5, 0.6) is 5.75 Å². The number of piperazine rings is 1. The summed E-state index contributed by atoms with van der Waals surface area (Å²) in [7, 11) is 1.36. The summed E-state index contributed by atoms with van der Waals surface area (Å²) in [4.78, 5) is 32.0. The molecule has 1 fully saturated rings. The van der Waals surface area contributed by atoms with Gasteiger partial charge in [0.15, 0.2) is 0 Å². The summed E-state index contributed by atoms with van der Waals surface area (Å²) in [6.07, 6.45) is 0. The van der Waals surface area contributed by atoms with Gasteiger partial charge in [0.05, 0.1) is 7.11 Å². The van der Waals surface area contributed by atoms with Crippen LogP contribution in [-0.4, -0.2) is 73.1 Å². The third kappa shape index (κ3) is 4.31. The molecule has 156 valence electrons. The molecule has 30 heavy (non-hydrogen) atoms. The molecular weight excluding hydrogens is 382 g/mol. The number of para-hydroxylation sites is 2. The number of methoxy groups -OCH3 is 1. The molecule has 7 heteroatoms. The third-order valence-electron chi connectivity index (χ3n) is 5.38. The van der Waals surface area contributed by atoms with Gasteiger partial charge in [0, 0.05) is 43.6 Å². The predicted molar refractivity (Wildman–Crippen MR) is 114 cm³/mol. The number of H-pyrrole nitrogens is 1. The molecular formula is C23H25N3O4. The maximum absolute atomic E-state index is 12.8. The van der Waals surface area contributed by atoms with Crippen LogP contribution in [0.2, 0.25) is 0 Å². The van der Waals surface area contributed by atoms with Gasteiger partial charge in [-0.3, -0.25) is 9.69 Å². The van der Waals surface area contributed by atoms with E-state index in [1.54, 1.807) is 18.2 Å². The van der Waals surface area contributed by atoms with Crippen molar-refractivity contribution in [2.45, 2.75) is 0 Å². The quantitative estimate of drug-likeness (QED) is 0.636. The van der Waals surface area contributed by atoms with Gasteiger partial charge in [0.2, 0.25) is 0 Å². The molecule has 4 rings (SSSR count). The molecule has 0 radical (unpaired) electrons. The SMILES string of the molecule is COC(=O)c1ccccc1OCCN1CCN(C(=O)c2cc3ccccc3[nH]2)CC1. The summed E-state index contributed by atoms with van der Waals surface area (Å²) in [5.74, 6) is 0.154. The molecule has 0 saturated carbocycles. The number of hydrogen-bond acceptors (Lipinski definition) is 5. The van der Waals surface area contributed by atoms with Gasteiger partial charge in [-0.05, 0) is 24.3 Å². The first-order valence-electron chi connectivity index (χ1n) is 10.1. The van der Waals surface area contributed by atoms with Crippen molar-refractivity contribution in [3.05, 3.63) is 65.9 Å². The van der Waals surface area contributed by atoms with Crippen molar-refractivity contribution in [2.75, 3.05) is 46.4 Å². The van der Waals surface area contributed by atoms with Gasteiger partial charge < -0.3 is 19.4 Å². The van der Waals surface area contributed by atoms with E-state index < -0.39 is 5.97 Å².